The predicted octanol–water partition coefficient (Wildman–Crippen LogP) is 3.82. The maximum absolute atomic E-state index is 13.7. The topological polar surface area (TPSA) is 20.2 Å². The average molecular weight is 269 g/mol. The van der Waals surface area contributed by atoms with E-state index >= 15 is 0 Å². The van der Waals surface area contributed by atoms with Crippen molar-refractivity contribution in [1.29, 1.82) is 0 Å². The fraction of sp³-hybridized carbons (Fsp3) is 0.600. The molecule has 0 amide bonds. The zero-order valence-electron chi connectivity index (χ0n) is 10.3. The Labute approximate surface area is 112 Å². The summed E-state index contributed by atoms with van der Waals surface area (Å²) in [5, 5.41) is 10.7. The molecule has 0 bridgehead atoms. The van der Waals surface area contributed by atoms with Crippen molar-refractivity contribution in [2.24, 2.45) is 17.8 Å². The minimum atomic E-state index is -0.395. The SMILES string of the molecule is OC(Cc1ccc(Cl)cc1F)C1C2CCCCC21. The predicted molar refractivity (Wildman–Crippen MR) is 70.1 cm³/mol. The highest BCUT2D eigenvalue weighted by atomic mass is 35.5. The number of hydrogen-bond donors (Lipinski definition) is 1. The van der Waals surface area contributed by atoms with E-state index in [1.165, 1.54) is 31.7 Å². The Kier molecular flexibility index (Phi) is 3.33. The van der Waals surface area contributed by atoms with Gasteiger partial charge in [0.05, 0.1) is 6.10 Å². The zero-order chi connectivity index (χ0) is 12.7. The molecule has 3 unspecified atom stereocenters. The van der Waals surface area contributed by atoms with Gasteiger partial charge in [-0.05, 0) is 48.3 Å². The van der Waals surface area contributed by atoms with Gasteiger partial charge < -0.3 is 5.11 Å². The van der Waals surface area contributed by atoms with Gasteiger partial charge in [0.2, 0.25) is 0 Å². The van der Waals surface area contributed by atoms with Gasteiger partial charge in [0, 0.05) is 11.4 Å². The number of aliphatic hydroxyl groups is 1. The standard InChI is InChI=1S/C15H18ClFO/c16-10-6-5-9(13(17)8-10)7-14(18)15-11-3-1-2-4-12(11)15/h5-6,8,11-12,14-15,18H,1-4,7H2. The molecule has 0 spiro atoms. The lowest BCUT2D eigenvalue weighted by molar-refractivity contribution is 0.139. The van der Waals surface area contributed by atoms with E-state index in [-0.39, 0.29) is 5.82 Å². The molecule has 98 valence electrons. The third kappa shape index (κ3) is 2.28. The molecule has 18 heavy (non-hydrogen) atoms. The highest BCUT2D eigenvalue weighted by Gasteiger charge is 2.53. The van der Waals surface area contributed by atoms with Crippen LogP contribution in [0.25, 0.3) is 0 Å². The summed E-state index contributed by atoms with van der Waals surface area (Å²) in [6.07, 6.45) is 5.10. The molecule has 2 fully saturated rings. The van der Waals surface area contributed by atoms with Crippen molar-refractivity contribution >= 4 is 11.6 Å². The molecule has 1 aromatic carbocycles. The minimum Gasteiger partial charge on any atom is -0.392 e. The molecule has 3 rings (SSSR count). The summed E-state index contributed by atoms with van der Waals surface area (Å²) in [5.74, 6) is 1.50. The molecule has 2 aliphatic rings. The van der Waals surface area contributed by atoms with E-state index in [2.05, 4.69) is 0 Å². The van der Waals surface area contributed by atoms with Crippen LogP contribution in [-0.2, 0) is 6.42 Å². The summed E-state index contributed by atoms with van der Waals surface area (Å²) in [6.45, 7) is 0. The molecule has 3 heteroatoms. The van der Waals surface area contributed by atoms with Crippen molar-refractivity contribution < 1.29 is 9.50 Å². The van der Waals surface area contributed by atoms with Crippen molar-refractivity contribution in [3.63, 3.8) is 0 Å². The van der Waals surface area contributed by atoms with Crippen LogP contribution in [0, 0.1) is 23.6 Å². The van der Waals surface area contributed by atoms with E-state index in [1.807, 2.05) is 0 Å². The first-order valence-electron chi connectivity index (χ1n) is 6.79. The van der Waals surface area contributed by atoms with Gasteiger partial charge in [-0.1, -0.05) is 30.5 Å². The smallest absolute Gasteiger partial charge is 0.127 e. The van der Waals surface area contributed by atoms with Gasteiger partial charge in [-0.25, -0.2) is 4.39 Å². The first-order chi connectivity index (χ1) is 8.66. The van der Waals surface area contributed by atoms with Gasteiger partial charge in [0.25, 0.3) is 0 Å². The van der Waals surface area contributed by atoms with E-state index in [4.69, 9.17) is 11.6 Å². The summed E-state index contributed by atoms with van der Waals surface area (Å²) in [5.41, 5.74) is 0.579. The lowest BCUT2D eigenvalue weighted by Gasteiger charge is -2.11. The second-order valence-corrected chi connectivity index (χ2v) is 6.13. The van der Waals surface area contributed by atoms with Crippen LogP contribution in [0.4, 0.5) is 4.39 Å². The Morgan fingerprint density at radius 3 is 2.56 bits per heavy atom. The Bertz CT molecular complexity index is 436. The highest BCUT2D eigenvalue weighted by molar-refractivity contribution is 6.30. The van der Waals surface area contributed by atoms with Gasteiger partial charge in [-0.3, -0.25) is 0 Å². The number of rotatable bonds is 3. The Morgan fingerprint density at radius 2 is 1.94 bits per heavy atom. The van der Waals surface area contributed by atoms with E-state index in [9.17, 15) is 9.50 Å². The summed E-state index contributed by atoms with van der Waals surface area (Å²) < 4.78 is 13.7. The molecule has 2 aliphatic carbocycles. The van der Waals surface area contributed by atoms with E-state index < -0.39 is 6.10 Å². The lowest BCUT2D eigenvalue weighted by atomic mass is 10.0. The van der Waals surface area contributed by atoms with Crippen molar-refractivity contribution in [2.45, 2.75) is 38.2 Å². The fourth-order valence-electron chi connectivity index (χ4n) is 3.67. The van der Waals surface area contributed by atoms with Crippen LogP contribution in [0.2, 0.25) is 5.02 Å². The number of halogens is 2. The lowest BCUT2D eigenvalue weighted by Crippen LogP contribution is -2.16. The number of aliphatic hydroxyl groups excluding tert-OH is 1. The van der Waals surface area contributed by atoms with Crippen LogP contribution >= 0.6 is 11.6 Å². The van der Waals surface area contributed by atoms with Crippen LogP contribution in [-0.4, -0.2) is 11.2 Å². The van der Waals surface area contributed by atoms with Gasteiger partial charge in [0.15, 0.2) is 0 Å². The maximum atomic E-state index is 13.7. The van der Waals surface area contributed by atoms with Crippen molar-refractivity contribution in [2.75, 3.05) is 0 Å². The Morgan fingerprint density at radius 1 is 1.28 bits per heavy atom. The molecule has 3 atom stereocenters. The molecule has 0 radical (unpaired) electrons. The molecule has 1 nitrogen and oxygen atoms in total. The third-order valence-corrected chi connectivity index (χ3v) is 4.85. The summed E-state index contributed by atoms with van der Waals surface area (Å²) in [6, 6.07) is 4.70. The van der Waals surface area contributed by atoms with Crippen LogP contribution in [0.3, 0.4) is 0 Å². The van der Waals surface area contributed by atoms with Crippen LogP contribution in [0.15, 0.2) is 18.2 Å². The van der Waals surface area contributed by atoms with Gasteiger partial charge in [-0.15, -0.1) is 0 Å². The number of fused-ring (bicyclic) bond motifs is 1. The molecular formula is C15H18ClFO. The fourth-order valence-corrected chi connectivity index (χ4v) is 3.83. The minimum absolute atomic E-state index is 0.301. The largest absolute Gasteiger partial charge is 0.392 e. The first kappa shape index (κ1) is 12.4. The van der Waals surface area contributed by atoms with E-state index in [1.54, 1.807) is 12.1 Å². The second kappa shape index (κ2) is 4.82. The first-order valence-corrected chi connectivity index (χ1v) is 7.16. The monoisotopic (exact) mass is 268 g/mol. The van der Waals surface area contributed by atoms with Gasteiger partial charge >= 0.3 is 0 Å². The number of benzene rings is 1. The van der Waals surface area contributed by atoms with Crippen LogP contribution in [0.1, 0.15) is 31.2 Å². The maximum Gasteiger partial charge on any atom is 0.127 e. The zero-order valence-corrected chi connectivity index (χ0v) is 11.0. The normalized spacial score (nSPS) is 31.8. The Hall–Kier alpha value is -0.600. The summed E-state index contributed by atoms with van der Waals surface area (Å²) in [4.78, 5) is 0. The summed E-state index contributed by atoms with van der Waals surface area (Å²) >= 11 is 5.73. The van der Waals surface area contributed by atoms with Crippen molar-refractivity contribution in [3.05, 3.63) is 34.6 Å². The molecule has 0 aromatic heterocycles. The second-order valence-electron chi connectivity index (χ2n) is 5.70. The van der Waals surface area contributed by atoms with E-state index in [0.717, 1.165) is 0 Å². The quantitative estimate of drug-likeness (QED) is 0.884. The van der Waals surface area contributed by atoms with E-state index in [0.29, 0.717) is 34.8 Å². The van der Waals surface area contributed by atoms with Gasteiger partial charge in [-0.2, -0.15) is 0 Å². The highest BCUT2D eigenvalue weighted by Crippen LogP contribution is 2.57. The molecule has 0 saturated heterocycles. The van der Waals surface area contributed by atoms with Crippen LogP contribution < -0.4 is 0 Å². The molecule has 0 heterocycles. The summed E-state index contributed by atoms with van der Waals surface area (Å²) in [7, 11) is 0. The molecule has 1 aromatic rings. The van der Waals surface area contributed by atoms with Crippen molar-refractivity contribution in [1.82, 2.24) is 0 Å². The molecule has 2 saturated carbocycles. The molecule has 0 aliphatic heterocycles. The Balaban J connectivity index is 1.66. The molecule has 1 N–H and O–H groups in total. The van der Waals surface area contributed by atoms with Gasteiger partial charge in [0.1, 0.15) is 5.82 Å². The molecular weight excluding hydrogens is 251 g/mol. The third-order valence-electron chi connectivity index (χ3n) is 4.61. The number of hydrogen-bond acceptors (Lipinski definition) is 1. The average Bonchev–Trinajstić information content (AvgIpc) is 3.07. The van der Waals surface area contributed by atoms with Crippen LogP contribution in [0.5, 0.6) is 0 Å². The van der Waals surface area contributed by atoms with Crippen molar-refractivity contribution in [3.8, 4) is 0 Å².